The molecule has 0 amide bonds. The smallest absolute Gasteiger partial charge is 0.150 e. The first-order valence-corrected chi connectivity index (χ1v) is 5.59. The van der Waals surface area contributed by atoms with Crippen LogP contribution in [-0.2, 0) is 0 Å². The fraction of sp³-hybridized carbons (Fsp3) is 0. The molecule has 0 atom stereocenters. The number of hydrogen-bond acceptors (Lipinski definition) is 4. The van der Waals surface area contributed by atoms with Crippen LogP contribution >= 0.6 is 0 Å². The largest absolute Gasteiger partial charge is 0.858 e. The van der Waals surface area contributed by atoms with Gasteiger partial charge < -0.3 is 5.11 Å². The Kier molecular flexibility index (Phi) is 3.83. The van der Waals surface area contributed by atoms with Gasteiger partial charge in [0.25, 0.3) is 0 Å². The molecule has 0 N–H and O–H groups in total. The van der Waals surface area contributed by atoms with E-state index in [1.807, 2.05) is 0 Å². The second-order valence-electron chi connectivity index (χ2n) is 3.87. The van der Waals surface area contributed by atoms with E-state index in [0.717, 1.165) is 0 Å². The van der Waals surface area contributed by atoms with E-state index in [-0.39, 0.29) is 0 Å². The molecule has 0 heterocycles. The molecule has 4 heteroatoms. The molecule has 0 aliphatic rings. The topological polar surface area (TPSA) is 69.6 Å². The fourth-order valence-corrected chi connectivity index (χ4v) is 1.59. The number of benzene rings is 2. The van der Waals surface area contributed by atoms with Gasteiger partial charge in [-0.1, -0.05) is 30.3 Å². The van der Waals surface area contributed by atoms with Crippen LogP contribution < -0.4 is 5.11 Å². The predicted molar refractivity (Wildman–Crippen MR) is 69.9 cm³/mol. The summed E-state index contributed by atoms with van der Waals surface area (Å²) in [5.41, 5.74) is 1.62. The van der Waals surface area contributed by atoms with Gasteiger partial charge in [0, 0.05) is 11.1 Å². The molecule has 0 radical (unpaired) electrons. The summed E-state index contributed by atoms with van der Waals surface area (Å²) in [6.45, 7) is 0. The Morgan fingerprint density at radius 1 is 0.947 bits per heavy atom. The number of hydrogen-bond donors (Lipinski definition) is 0. The zero-order chi connectivity index (χ0) is 13.7. The molecular weight excluding hydrogens is 242 g/mol. The minimum Gasteiger partial charge on any atom is -0.858 e. The minimum atomic E-state index is -0.452. The maximum absolute atomic E-state index is 11.9. The SMILES string of the molecule is O=Cc1cccc(N=C([O-])c2cccc(C=O)c2)c1. The lowest BCUT2D eigenvalue weighted by Crippen LogP contribution is -2.18. The Bertz CT molecular complexity index is 647. The molecule has 0 saturated carbocycles. The van der Waals surface area contributed by atoms with Crippen molar-refractivity contribution in [2.45, 2.75) is 0 Å². The van der Waals surface area contributed by atoms with Gasteiger partial charge in [0.1, 0.15) is 12.6 Å². The van der Waals surface area contributed by atoms with Crippen LogP contribution in [0.4, 0.5) is 5.69 Å². The average molecular weight is 252 g/mol. The van der Waals surface area contributed by atoms with Crippen molar-refractivity contribution in [2.75, 3.05) is 0 Å². The van der Waals surface area contributed by atoms with Gasteiger partial charge in [0.15, 0.2) is 0 Å². The van der Waals surface area contributed by atoms with Crippen LogP contribution in [0.2, 0.25) is 0 Å². The second kappa shape index (κ2) is 5.73. The van der Waals surface area contributed by atoms with Gasteiger partial charge in [-0.3, -0.25) is 14.6 Å². The summed E-state index contributed by atoms with van der Waals surface area (Å²) in [5.74, 6) is -0.452. The van der Waals surface area contributed by atoms with Crippen molar-refractivity contribution in [1.82, 2.24) is 0 Å². The summed E-state index contributed by atoms with van der Waals surface area (Å²) in [7, 11) is 0. The van der Waals surface area contributed by atoms with Crippen LogP contribution in [0.15, 0.2) is 53.5 Å². The molecule has 2 aromatic rings. The van der Waals surface area contributed by atoms with Gasteiger partial charge in [-0.2, -0.15) is 0 Å². The number of nitrogens with zero attached hydrogens (tertiary/aromatic N) is 1. The van der Waals surface area contributed by atoms with E-state index in [0.29, 0.717) is 35.0 Å². The van der Waals surface area contributed by atoms with Crippen molar-refractivity contribution in [3.05, 3.63) is 65.2 Å². The summed E-state index contributed by atoms with van der Waals surface area (Å²) in [5, 5.41) is 11.9. The third kappa shape index (κ3) is 3.13. The Labute approximate surface area is 110 Å². The van der Waals surface area contributed by atoms with Gasteiger partial charge in [-0.25, -0.2) is 0 Å². The maximum Gasteiger partial charge on any atom is 0.150 e. The van der Waals surface area contributed by atoms with Crippen LogP contribution in [0, 0.1) is 0 Å². The number of aliphatic imine (C=N–C) groups is 1. The number of carbonyl (C=O) groups is 2. The molecule has 0 bridgehead atoms. The third-order valence-electron chi connectivity index (χ3n) is 2.51. The summed E-state index contributed by atoms with van der Waals surface area (Å²) in [6, 6.07) is 12.7. The van der Waals surface area contributed by atoms with E-state index in [4.69, 9.17) is 0 Å². The Hall–Kier alpha value is -2.75. The first kappa shape index (κ1) is 12.7. The van der Waals surface area contributed by atoms with Crippen LogP contribution in [-0.4, -0.2) is 18.5 Å². The van der Waals surface area contributed by atoms with Crippen LogP contribution in [0.3, 0.4) is 0 Å². The summed E-state index contributed by atoms with van der Waals surface area (Å²) < 4.78 is 0. The Balaban J connectivity index is 2.35. The van der Waals surface area contributed by atoms with Gasteiger partial charge in [-0.15, -0.1) is 0 Å². The lowest BCUT2D eigenvalue weighted by Gasteiger charge is -2.11. The molecule has 4 nitrogen and oxygen atoms in total. The molecule has 2 aromatic carbocycles. The van der Waals surface area contributed by atoms with Gasteiger partial charge in [0.05, 0.1) is 5.69 Å². The predicted octanol–water partition coefficient (Wildman–Crippen LogP) is 1.75. The molecular formula is C15H10NO3-. The molecule has 2 rings (SSSR count). The zero-order valence-electron chi connectivity index (χ0n) is 9.95. The molecule has 0 aliphatic carbocycles. The van der Waals surface area contributed by atoms with Crippen molar-refractivity contribution in [3.63, 3.8) is 0 Å². The molecule has 0 fully saturated rings. The molecule has 0 aromatic heterocycles. The van der Waals surface area contributed by atoms with Gasteiger partial charge in [0.2, 0.25) is 0 Å². The van der Waals surface area contributed by atoms with E-state index < -0.39 is 5.90 Å². The molecule has 0 saturated heterocycles. The monoisotopic (exact) mass is 252 g/mol. The fourth-order valence-electron chi connectivity index (χ4n) is 1.59. The summed E-state index contributed by atoms with van der Waals surface area (Å²) in [6.07, 6.45) is 1.36. The van der Waals surface area contributed by atoms with Crippen LogP contribution in [0.1, 0.15) is 26.3 Å². The number of carbonyl (C=O) groups excluding carboxylic acids is 2. The molecule has 0 aliphatic heterocycles. The molecule has 19 heavy (non-hydrogen) atoms. The Morgan fingerprint density at radius 2 is 1.58 bits per heavy atom. The zero-order valence-corrected chi connectivity index (χ0v) is 9.95. The highest BCUT2D eigenvalue weighted by Crippen LogP contribution is 2.14. The van der Waals surface area contributed by atoms with Crippen molar-refractivity contribution >= 4 is 24.2 Å². The highest BCUT2D eigenvalue weighted by atomic mass is 16.3. The van der Waals surface area contributed by atoms with Crippen molar-refractivity contribution < 1.29 is 14.7 Å². The van der Waals surface area contributed by atoms with E-state index in [1.165, 1.54) is 12.1 Å². The average Bonchev–Trinajstić information content (AvgIpc) is 2.47. The van der Waals surface area contributed by atoms with Crippen molar-refractivity contribution in [1.29, 1.82) is 0 Å². The van der Waals surface area contributed by atoms with Crippen LogP contribution in [0.25, 0.3) is 0 Å². The molecule has 0 unspecified atom stereocenters. The van der Waals surface area contributed by atoms with E-state index >= 15 is 0 Å². The number of aldehydes is 2. The normalized spacial score (nSPS) is 11.1. The maximum atomic E-state index is 11.9. The lowest BCUT2D eigenvalue weighted by atomic mass is 10.1. The Morgan fingerprint density at radius 3 is 2.26 bits per heavy atom. The highest BCUT2D eigenvalue weighted by molar-refractivity contribution is 5.94. The van der Waals surface area contributed by atoms with Crippen molar-refractivity contribution in [2.24, 2.45) is 4.99 Å². The minimum absolute atomic E-state index is 0.334. The lowest BCUT2D eigenvalue weighted by molar-refractivity contribution is -0.212. The van der Waals surface area contributed by atoms with Crippen molar-refractivity contribution in [3.8, 4) is 0 Å². The summed E-state index contributed by atoms with van der Waals surface area (Å²) >= 11 is 0. The van der Waals surface area contributed by atoms with Crippen LogP contribution in [0.5, 0.6) is 0 Å². The molecule has 94 valence electrons. The highest BCUT2D eigenvalue weighted by Gasteiger charge is 1.97. The third-order valence-corrected chi connectivity index (χ3v) is 2.51. The molecule has 0 spiro atoms. The second-order valence-corrected chi connectivity index (χ2v) is 3.87. The van der Waals surface area contributed by atoms with E-state index in [1.54, 1.807) is 36.4 Å². The first-order chi connectivity index (χ1) is 9.22. The van der Waals surface area contributed by atoms with E-state index in [2.05, 4.69) is 4.99 Å². The quantitative estimate of drug-likeness (QED) is 0.473. The van der Waals surface area contributed by atoms with E-state index in [9.17, 15) is 14.7 Å². The van der Waals surface area contributed by atoms with Gasteiger partial charge >= 0.3 is 0 Å². The standard InChI is InChI=1S/C15H11NO3/c17-9-11-3-1-5-13(7-11)15(19)16-14-6-2-4-12(8-14)10-18/h1-10H,(H,16,19)/p-1. The first-order valence-electron chi connectivity index (χ1n) is 5.59. The van der Waals surface area contributed by atoms with Gasteiger partial charge in [-0.05, 0) is 29.7 Å². The summed E-state index contributed by atoms with van der Waals surface area (Å²) in [4.78, 5) is 25.2. The number of rotatable bonds is 4.